The van der Waals surface area contributed by atoms with Crippen molar-refractivity contribution in [1.29, 1.82) is 0 Å². The van der Waals surface area contributed by atoms with Gasteiger partial charge in [-0.15, -0.1) is 0 Å². The summed E-state index contributed by atoms with van der Waals surface area (Å²) in [7, 11) is 5.34. The average Bonchev–Trinajstić information content (AvgIpc) is 3.11. The number of carboxylic acids is 1. The monoisotopic (exact) mass is 736 g/mol. The lowest BCUT2D eigenvalue weighted by Crippen LogP contribution is -2.55. The largest absolute Gasteiger partial charge is 0.544 e. The van der Waals surface area contributed by atoms with Gasteiger partial charge in [-0.1, -0.05) is 130 Å². The third-order valence-corrected chi connectivity index (χ3v) is 7.76. The van der Waals surface area contributed by atoms with Crippen molar-refractivity contribution in [3.63, 3.8) is 0 Å². The van der Waals surface area contributed by atoms with E-state index in [-0.39, 0.29) is 55.5 Å². The summed E-state index contributed by atoms with van der Waals surface area (Å²) in [6.45, 7) is 4.23. The van der Waals surface area contributed by atoms with E-state index in [1.807, 2.05) is 48.6 Å². The average molecular weight is 736 g/mol. The number of quaternary nitrogens is 1. The van der Waals surface area contributed by atoms with E-state index < -0.39 is 18.1 Å². The highest BCUT2D eigenvalue weighted by molar-refractivity contribution is 5.70. The summed E-state index contributed by atoms with van der Waals surface area (Å²) in [4.78, 5) is 36.7. The first-order valence-corrected chi connectivity index (χ1v) is 19.5. The van der Waals surface area contributed by atoms with E-state index in [2.05, 4.69) is 74.6 Å². The smallest absolute Gasteiger partial charge is 0.306 e. The van der Waals surface area contributed by atoms with Crippen LogP contribution >= 0.6 is 0 Å². The minimum Gasteiger partial charge on any atom is -0.544 e. The third-order valence-electron chi connectivity index (χ3n) is 7.76. The zero-order valence-electron chi connectivity index (χ0n) is 33.4. The molecule has 8 nitrogen and oxygen atoms in total. The molecule has 0 fully saturated rings. The number of aliphatic carboxylic acids is 1. The molecule has 0 aliphatic heterocycles. The van der Waals surface area contributed by atoms with Crippen LogP contribution in [-0.2, 0) is 28.6 Å². The van der Waals surface area contributed by atoms with Crippen molar-refractivity contribution in [2.75, 3.05) is 41.0 Å². The molecule has 8 heteroatoms. The summed E-state index contributed by atoms with van der Waals surface area (Å²) in [6, 6.07) is -0.750. The molecule has 53 heavy (non-hydrogen) atoms. The van der Waals surface area contributed by atoms with Gasteiger partial charge in [0.15, 0.2) is 6.10 Å². The highest BCUT2D eigenvalue weighted by Crippen LogP contribution is 2.10. The van der Waals surface area contributed by atoms with Gasteiger partial charge in [-0.3, -0.25) is 9.59 Å². The Morgan fingerprint density at radius 3 is 1.70 bits per heavy atom. The Hall–Kier alpha value is -4.01. The van der Waals surface area contributed by atoms with Crippen LogP contribution < -0.4 is 5.11 Å². The Morgan fingerprint density at radius 2 is 1.13 bits per heavy atom. The second kappa shape index (κ2) is 35.0. The van der Waals surface area contributed by atoms with Gasteiger partial charge in [-0.25, -0.2) is 0 Å². The van der Waals surface area contributed by atoms with Crippen LogP contribution in [0.2, 0.25) is 0 Å². The Bertz CT molecular complexity index is 1230. The molecule has 0 aromatic rings. The second-order valence-corrected chi connectivity index (χ2v) is 13.5. The third kappa shape index (κ3) is 33.6. The van der Waals surface area contributed by atoms with Gasteiger partial charge in [0.1, 0.15) is 12.6 Å². The van der Waals surface area contributed by atoms with E-state index in [4.69, 9.17) is 14.2 Å². The molecule has 2 atom stereocenters. The standard InChI is InChI=1S/C45H69NO7/c1-6-8-10-12-14-16-18-20-21-22-24-25-27-29-31-33-35-43(47)52-40-41(39-51-38-37-42(45(49)50)46(3,4)5)53-44(48)36-34-32-30-28-26-23-19-17-15-13-11-9-7-2/h8-11,13-17,19-21,23-26,29,31,41-42H,6-7,12,18,22,27-28,30,32-40H2,1-5H3/b10-8+,11-9+,15-13+,16-14+,19-17+,21-20+,25-24+,26-23+,31-29+. The van der Waals surface area contributed by atoms with Crippen LogP contribution in [0.4, 0.5) is 0 Å². The number of rotatable bonds is 32. The molecule has 0 saturated heterocycles. The summed E-state index contributed by atoms with van der Waals surface area (Å²) < 4.78 is 17.0. The van der Waals surface area contributed by atoms with E-state index in [0.29, 0.717) is 12.8 Å². The fourth-order valence-electron chi connectivity index (χ4n) is 4.77. The van der Waals surface area contributed by atoms with Gasteiger partial charge in [0.05, 0.1) is 40.3 Å². The number of carbonyl (C=O) groups excluding carboxylic acids is 3. The topological polar surface area (TPSA) is 102 Å². The summed E-state index contributed by atoms with van der Waals surface area (Å²) in [5, 5.41) is 11.6. The van der Waals surface area contributed by atoms with Crippen molar-refractivity contribution < 1.29 is 38.2 Å². The van der Waals surface area contributed by atoms with Crippen LogP contribution in [0.3, 0.4) is 0 Å². The Balaban J connectivity index is 4.63. The Kier molecular flexibility index (Phi) is 32.4. The normalized spacial score (nSPS) is 14.2. The number of ether oxygens (including phenoxy) is 3. The predicted octanol–water partition coefficient (Wildman–Crippen LogP) is 8.79. The molecule has 2 unspecified atom stereocenters. The lowest BCUT2D eigenvalue weighted by molar-refractivity contribution is -0.889. The zero-order valence-corrected chi connectivity index (χ0v) is 33.4. The number of carbonyl (C=O) groups is 3. The highest BCUT2D eigenvalue weighted by atomic mass is 16.6. The Labute approximate surface area is 321 Å². The summed E-state index contributed by atoms with van der Waals surface area (Å²) >= 11 is 0. The number of unbranched alkanes of at least 4 members (excludes halogenated alkanes) is 3. The van der Waals surface area contributed by atoms with Crippen LogP contribution in [0.5, 0.6) is 0 Å². The zero-order chi connectivity index (χ0) is 39.3. The molecule has 0 spiro atoms. The molecule has 0 bridgehead atoms. The Morgan fingerprint density at radius 1 is 0.585 bits per heavy atom. The molecule has 0 radical (unpaired) electrons. The number of esters is 2. The molecule has 0 rings (SSSR count). The molecule has 0 heterocycles. The maximum Gasteiger partial charge on any atom is 0.306 e. The molecule has 0 aromatic carbocycles. The molecular weight excluding hydrogens is 666 g/mol. The van der Waals surface area contributed by atoms with Crippen LogP contribution in [0.1, 0.15) is 104 Å². The van der Waals surface area contributed by atoms with Crippen LogP contribution in [-0.4, -0.2) is 75.5 Å². The van der Waals surface area contributed by atoms with Crippen molar-refractivity contribution in [3.05, 3.63) is 109 Å². The maximum absolute atomic E-state index is 12.6. The fraction of sp³-hybridized carbons (Fsp3) is 0.533. The maximum atomic E-state index is 12.6. The SMILES string of the molecule is CC/C=C/C=C/C=C/C=C/CCCCCC(=O)OC(COCCC(C(=O)[O-])[N+](C)(C)C)COC(=O)CC/C=C/C/C=C/C/C=C/C/C=C/C/C=C/CC. The van der Waals surface area contributed by atoms with E-state index in [1.165, 1.54) is 0 Å². The summed E-state index contributed by atoms with van der Waals surface area (Å²) in [5.41, 5.74) is 0. The lowest BCUT2D eigenvalue weighted by atomic mass is 10.1. The highest BCUT2D eigenvalue weighted by Gasteiger charge is 2.25. The molecule has 0 N–H and O–H groups in total. The predicted molar refractivity (Wildman–Crippen MR) is 217 cm³/mol. The molecule has 296 valence electrons. The minimum atomic E-state index is -1.15. The van der Waals surface area contributed by atoms with Gasteiger partial charge in [0, 0.05) is 19.3 Å². The van der Waals surface area contributed by atoms with E-state index in [1.54, 1.807) is 21.1 Å². The van der Waals surface area contributed by atoms with Crippen molar-refractivity contribution >= 4 is 17.9 Å². The van der Waals surface area contributed by atoms with Gasteiger partial charge in [-0.2, -0.15) is 0 Å². The number of allylic oxidation sites excluding steroid dienone is 18. The van der Waals surface area contributed by atoms with E-state index >= 15 is 0 Å². The van der Waals surface area contributed by atoms with Gasteiger partial charge in [0.2, 0.25) is 0 Å². The quantitative estimate of drug-likeness (QED) is 0.0224. The number of likely N-dealkylation sites (N-methyl/N-ethyl adjacent to an activating group) is 1. The van der Waals surface area contributed by atoms with Gasteiger partial charge >= 0.3 is 11.9 Å². The van der Waals surface area contributed by atoms with Crippen molar-refractivity contribution in [1.82, 2.24) is 0 Å². The van der Waals surface area contributed by atoms with Crippen molar-refractivity contribution in [2.24, 2.45) is 0 Å². The first kappa shape index (κ1) is 49.0. The summed E-state index contributed by atoms with van der Waals surface area (Å²) in [6.07, 6.45) is 47.1. The fourth-order valence-corrected chi connectivity index (χ4v) is 4.77. The minimum absolute atomic E-state index is 0.00685. The van der Waals surface area contributed by atoms with E-state index in [0.717, 1.165) is 57.8 Å². The lowest BCUT2D eigenvalue weighted by Gasteiger charge is -2.34. The van der Waals surface area contributed by atoms with Crippen LogP contribution in [0.25, 0.3) is 0 Å². The van der Waals surface area contributed by atoms with Crippen molar-refractivity contribution in [3.8, 4) is 0 Å². The number of nitrogens with zero attached hydrogens (tertiary/aromatic N) is 1. The molecule has 0 saturated carbocycles. The van der Waals surface area contributed by atoms with Crippen LogP contribution in [0.15, 0.2) is 109 Å². The van der Waals surface area contributed by atoms with E-state index in [9.17, 15) is 19.5 Å². The second-order valence-electron chi connectivity index (χ2n) is 13.5. The molecular formula is C45H69NO7. The number of carboxylic acid groups (broad SMARTS) is 1. The molecule has 0 aliphatic rings. The molecule has 0 aliphatic carbocycles. The summed E-state index contributed by atoms with van der Waals surface area (Å²) in [5.74, 6) is -1.92. The van der Waals surface area contributed by atoms with Crippen molar-refractivity contribution in [2.45, 2.75) is 116 Å². The molecule has 0 amide bonds. The van der Waals surface area contributed by atoms with Gasteiger partial charge in [0.25, 0.3) is 0 Å². The van der Waals surface area contributed by atoms with Crippen LogP contribution in [0, 0.1) is 0 Å². The van der Waals surface area contributed by atoms with Gasteiger partial charge < -0.3 is 28.6 Å². The van der Waals surface area contributed by atoms with Gasteiger partial charge in [-0.05, 0) is 64.2 Å². The number of hydrogen-bond acceptors (Lipinski definition) is 7. The number of hydrogen-bond donors (Lipinski definition) is 0. The first-order chi connectivity index (χ1) is 25.6. The molecule has 0 aromatic heterocycles. The first-order valence-electron chi connectivity index (χ1n) is 19.5.